The van der Waals surface area contributed by atoms with Crippen LogP contribution in [0.3, 0.4) is 0 Å². The molecule has 2 heterocycles. The molecule has 3 aromatic rings. The number of hydrogen-bond acceptors (Lipinski definition) is 6. The quantitative estimate of drug-likeness (QED) is 0.544. The summed E-state index contributed by atoms with van der Waals surface area (Å²) < 4.78 is 5.64. The first-order chi connectivity index (χ1) is 13.7. The van der Waals surface area contributed by atoms with E-state index in [0.717, 1.165) is 37.1 Å². The highest BCUT2D eigenvalue weighted by Gasteiger charge is 2.09. The molecule has 0 bridgehead atoms. The Morgan fingerprint density at radius 3 is 2.46 bits per heavy atom. The normalized spacial score (nSPS) is 10.8. The number of aryl methyl sites for hydroxylation is 4. The molecular weight excluding hydrogens is 354 g/mol. The molecule has 0 unspecified atom stereocenters. The SMILES string of the molecule is Cc1cnc(CNC(=O)CCc2nnc(CCCCc3ccccc3)o2)cn1. The van der Waals surface area contributed by atoms with Crippen molar-refractivity contribution in [2.45, 2.75) is 52.0 Å². The van der Waals surface area contributed by atoms with Gasteiger partial charge in [0.05, 0.1) is 24.1 Å². The Morgan fingerprint density at radius 2 is 1.71 bits per heavy atom. The van der Waals surface area contributed by atoms with Gasteiger partial charge in [-0.05, 0) is 31.7 Å². The first kappa shape index (κ1) is 19.7. The summed E-state index contributed by atoms with van der Waals surface area (Å²) in [5.41, 5.74) is 2.92. The van der Waals surface area contributed by atoms with E-state index in [1.165, 1.54) is 5.56 Å². The molecule has 0 fully saturated rings. The molecule has 7 heteroatoms. The largest absolute Gasteiger partial charge is 0.425 e. The highest BCUT2D eigenvalue weighted by molar-refractivity contribution is 5.75. The first-order valence-corrected chi connectivity index (χ1v) is 9.58. The number of unbranched alkanes of at least 4 members (excludes halogenated alkanes) is 1. The van der Waals surface area contributed by atoms with Crippen molar-refractivity contribution in [3.8, 4) is 0 Å². The molecule has 0 saturated heterocycles. The number of hydrogen-bond donors (Lipinski definition) is 1. The van der Waals surface area contributed by atoms with Crippen molar-refractivity contribution in [1.29, 1.82) is 0 Å². The number of nitrogens with zero attached hydrogens (tertiary/aromatic N) is 4. The Kier molecular flexibility index (Phi) is 7.23. The minimum atomic E-state index is -0.0787. The van der Waals surface area contributed by atoms with Crippen molar-refractivity contribution in [2.24, 2.45) is 0 Å². The molecule has 0 aliphatic carbocycles. The third kappa shape index (κ3) is 6.57. The molecule has 7 nitrogen and oxygen atoms in total. The molecule has 146 valence electrons. The predicted octanol–water partition coefficient (Wildman–Crippen LogP) is 2.98. The highest BCUT2D eigenvalue weighted by Crippen LogP contribution is 2.09. The second-order valence-electron chi connectivity index (χ2n) is 6.71. The number of carbonyl (C=O) groups excluding carboxylic acids is 1. The molecule has 0 spiro atoms. The van der Waals surface area contributed by atoms with Gasteiger partial charge in [0.2, 0.25) is 17.7 Å². The predicted molar refractivity (Wildman–Crippen MR) is 104 cm³/mol. The van der Waals surface area contributed by atoms with Gasteiger partial charge in [0.15, 0.2) is 0 Å². The van der Waals surface area contributed by atoms with Crippen LogP contribution in [0.5, 0.6) is 0 Å². The van der Waals surface area contributed by atoms with E-state index in [0.29, 0.717) is 31.2 Å². The van der Waals surface area contributed by atoms with Crippen LogP contribution in [-0.2, 0) is 30.6 Å². The Balaban J connectivity index is 1.32. The summed E-state index contributed by atoms with van der Waals surface area (Å²) in [4.78, 5) is 20.3. The van der Waals surface area contributed by atoms with Crippen molar-refractivity contribution >= 4 is 5.91 Å². The monoisotopic (exact) mass is 379 g/mol. The average molecular weight is 379 g/mol. The van der Waals surface area contributed by atoms with Crippen LogP contribution in [0.4, 0.5) is 0 Å². The molecule has 0 radical (unpaired) electrons. The fourth-order valence-electron chi connectivity index (χ4n) is 2.75. The van der Waals surface area contributed by atoms with E-state index in [9.17, 15) is 4.79 Å². The molecule has 28 heavy (non-hydrogen) atoms. The molecule has 1 amide bonds. The lowest BCUT2D eigenvalue weighted by Crippen LogP contribution is -2.23. The van der Waals surface area contributed by atoms with Gasteiger partial charge in [-0.15, -0.1) is 10.2 Å². The second kappa shape index (κ2) is 10.3. The lowest BCUT2D eigenvalue weighted by Gasteiger charge is -2.03. The molecular formula is C21H25N5O2. The zero-order chi connectivity index (χ0) is 19.6. The van der Waals surface area contributed by atoms with Crippen molar-refractivity contribution in [1.82, 2.24) is 25.5 Å². The summed E-state index contributed by atoms with van der Waals surface area (Å²) in [5.74, 6) is 1.06. The van der Waals surface area contributed by atoms with Gasteiger partial charge in [-0.1, -0.05) is 30.3 Å². The summed E-state index contributed by atoms with van der Waals surface area (Å²) >= 11 is 0. The van der Waals surface area contributed by atoms with Crippen LogP contribution < -0.4 is 5.32 Å². The van der Waals surface area contributed by atoms with Gasteiger partial charge < -0.3 is 9.73 Å². The van der Waals surface area contributed by atoms with Crippen molar-refractivity contribution in [2.75, 3.05) is 0 Å². The van der Waals surface area contributed by atoms with E-state index in [4.69, 9.17) is 4.42 Å². The number of amides is 1. The number of benzene rings is 1. The molecule has 0 aliphatic heterocycles. The fourth-order valence-corrected chi connectivity index (χ4v) is 2.75. The number of carbonyl (C=O) groups is 1. The zero-order valence-corrected chi connectivity index (χ0v) is 16.1. The van der Waals surface area contributed by atoms with Crippen LogP contribution in [0.1, 0.15) is 48.0 Å². The van der Waals surface area contributed by atoms with Crippen LogP contribution in [0.2, 0.25) is 0 Å². The van der Waals surface area contributed by atoms with Crippen LogP contribution in [0, 0.1) is 6.92 Å². The van der Waals surface area contributed by atoms with Crippen molar-refractivity contribution in [3.05, 3.63) is 71.5 Å². The minimum absolute atomic E-state index is 0.0787. The van der Waals surface area contributed by atoms with Crippen LogP contribution in [-0.4, -0.2) is 26.1 Å². The third-order valence-corrected chi connectivity index (χ3v) is 4.32. The van der Waals surface area contributed by atoms with Crippen LogP contribution in [0.25, 0.3) is 0 Å². The van der Waals surface area contributed by atoms with Crippen molar-refractivity contribution < 1.29 is 9.21 Å². The Labute approximate surface area is 164 Å². The second-order valence-corrected chi connectivity index (χ2v) is 6.71. The van der Waals surface area contributed by atoms with Gasteiger partial charge in [-0.3, -0.25) is 14.8 Å². The van der Waals surface area contributed by atoms with E-state index in [-0.39, 0.29) is 5.91 Å². The molecule has 1 N–H and O–H groups in total. The van der Waals surface area contributed by atoms with Gasteiger partial charge in [0, 0.05) is 25.5 Å². The van der Waals surface area contributed by atoms with Gasteiger partial charge in [-0.2, -0.15) is 0 Å². The van der Waals surface area contributed by atoms with Crippen molar-refractivity contribution in [3.63, 3.8) is 0 Å². The first-order valence-electron chi connectivity index (χ1n) is 9.58. The minimum Gasteiger partial charge on any atom is -0.425 e. The maximum Gasteiger partial charge on any atom is 0.220 e. The summed E-state index contributed by atoms with van der Waals surface area (Å²) in [5, 5.41) is 10.9. The van der Waals surface area contributed by atoms with Gasteiger partial charge in [0.25, 0.3) is 0 Å². The zero-order valence-electron chi connectivity index (χ0n) is 16.1. The van der Waals surface area contributed by atoms with Crippen LogP contribution >= 0.6 is 0 Å². The summed E-state index contributed by atoms with van der Waals surface area (Å²) in [6, 6.07) is 10.4. The maximum absolute atomic E-state index is 12.0. The molecule has 0 atom stereocenters. The Morgan fingerprint density at radius 1 is 0.964 bits per heavy atom. The Bertz CT molecular complexity index is 862. The topological polar surface area (TPSA) is 93.8 Å². The lowest BCUT2D eigenvalue weighted by atomic mass is 10.1. The summed E-state index contributed by atoms with van der Waals surface area (Å²) in [7, 11) is 0. The smallest absolute Gasteiger partial charge is 0.220 e. The summed E-state index contributed by atoms with van der Waals surface area (Å²) in [6.07, 6.45) is 7.96. The van der Waals surface area contributed by atoms with E-state index in [1.807, 2.05) is 13.0 Å². The Hall–Kier alpha value is -3.09. The average Bonchev–Trinajstić information content (AvgIpc) is 3.18. The maximum atomic E-state index is 12.0. The molecule has 0 aliphatic rings. The third-order valence-electron chi connectivity index (χ3n) is 4.32. The number of nitrogens with one attached hydrogen (secondary N) is 1. The fraction of sp³-hybridized carbons (Fsp3) is 0.381. The number of rotatable bonds is 10. The number of aromatic nitrogens is 4. The molecule has 2 aromatic heterocycles. The van der Waals surface area contributed by atoms with E-state index in [1.54, 1.807) is 12.4 Å². The van der Waals surface area contributed by atoms with E-state index in [2.05, 4.69) is 49.7 Å². The van der Waals surface area contributed by atoms with E-state index < -0.39 is 0 Å². The van der Waals surface area contributed by atoms with E-state index >= 15 is 0 Å². The molecule has 0 saturated carbocycles. The molecule has 3 rings (SSSR count). The van der Waals surface area contributed by atoms with Crippen LogP contribution in [0.15, 0.2) is 47.1 Å². The van der Waals surface area contributed by atoms with Gasteiger partial charge >= 0.3 is 0 Å². The molecule has 1 aromatic carbocycles. The van der Waals surface area contributed by atoms with Gasteiger partial charge in [-0.25, -0.2) is 0 Å². The standard InChI is InChI=1S/C21H25N5O2/c1-16-13-23-18(14-22-16)15-24-19(27)11-12-21-26-25-20(28-21)10-6-5-9-17-7-3-2-4-8-17/h2-4,7-8,13-14H,5-6,9-12,15H2,1H3,(H,24,27). The lowest BCUT2D eigenvalue weighted by molar-refractivity contribution is -0.121. The highest BCUT2D eigenvalue weighted by atomic mass is 16.4. The summed E-state index contributed by atoms with van der Waals surface area (Å²) in [6.45, 7) is 2.24. The van der Waals surface area contributed by atoms with Gasteiger partial charge in [0.1, 0.15) is 0 Å².